The van der Waals surface area contributed by atoms with Crippen molar-refractivity contribution < 1.29 is 14.3 Å². The fourth-order valence-corrected chi connectivity index (χ4v) is 4.67. The molecule has 1 fully saturated rings. The molecule has 1 unspecified atom stereocenters. The second-order valence-corrected chi connectivity index (χ2v) is 8.88. The quantitative estimate of drug-likeness (QED) is 0.407. The molecule has 1 aliphatic heterocycles. The van der Waals surface area contributed by atoms with Crippen molar-refractivity contribution in [3.8, 4) is 5.75 Å². The first-order chi connectivity index (χ1) is 17.0. The molecule has 0 saturated carbocycles. The highest BCUT2D eigenvalue weighted by Crippen LogP contribution is 2.34. The lowest BCUT2D eigenvalue weighted by atomic mass is 10.1. The standard InChI is InChI=1S/C28H28N4O3/c1-30(17-20-8-4-3-5-9-20)27(34)19-32-25-11-7-6-10-24(25)29-28(32)21-16-26(33)31(18-21)22-12-14-23(35-2)15-13-22/h3-15,21H,16-19H2,1-2H3. The molecule has 0 aliphatic carbocycles. The fourth-order valence-electron chi connectivity index (χ4n) is 4.67. The molecule has 35 heavy (non-hydrogen) atoms. The lowest BCUT2D eigenvalue weighted by molar-refractivity contribution is -0.131. The van der Waals surface area contributed by atoms with Crippen molar-refractivity contribution in [1.29, 1.82) is 0 Å². The average Bonchev–Trinajstić information content (AvgIpc) is 3.45. The summed E-state index contributed by atoms with van der Waals surface area (Å²) in [7, 11) is 3.44. The summed E-state index contributed by atoms with van der Waals surface area (Å²) in [5, 5.41) is 0. The van der Waals surface area contributed by atoms with E-state index in [2.05, 4.69) is 0 Å². The van der Waals surface area contributed by atoms with Crippen LogP contribution in [0.15, 0.2) is 78.9 Å². The molecule has 3 aromatic carbocycles. The van der Waals surface area contributed by atoms with Crippen LogP contribution >= 0.6 is 0 Å². The van der Waals surface area contributed by atoms with Gasteiger partial charge in [0.05, 0.1) is 18.1 Å². The van der Waals surface area contributed by atoms with Gasteiger partial charge in [-0.25, -0.2) is 4.98 Å². The van der Waals surface area contributed by atoms with Crippen LogP contribution in [0.4, 0.5) is 5.69 Å². The molecular formula is C28H28N4O3. The number of carbonyl (C=O) groups excluding carboxylic acids is 2. The Bertz CT molecular complexity index is 1350. The SMILES string of the molecule is COc1ccc(N2CC(c3nc4ccccc4n3CC(=O)N(C)Cc3ccccc3)CC2=O)cc1. The maximum Gasteiger partial charge on any atom is 0.242 e. The number of anilines is 1. The highest BCUT2D eigenvalue weighted by Gasteiger charge is 2.35. The Hall–Kier alpha value is -4.13. The third-order valence-electron chi connectivity index (χ3n) is 6.54. The molecule has 2 amide bonds. The number of amides is 2. The molecule has 0 radical (unpaired) electrons. The molecular weight excluding hydrogens is 440 g/mol. The number of hydrogen-bond donors (Lipinski definition) is 0. The highest BCUT2D eigenvalue weighted by molar-refractivity contribution is 5.96. The number of rotatable bonds is 7. The number of benzene rings is 3. The Balaban J connectivity index is 1.40. The van der Waals surface area contributed by atoms with Crippen LogP contribution in [0, 0.1) is 0 Å². The molecule has 178 valence electrons. The molecule has 7 nitrogen and oxygen atoms in total. The molecule has 1 saturated heterocycles. The second-order valence-electron chi connectivity index (χ2n) is 8.88. The number of nitrogens with zero attached hydrogens (tertiary/aromatic N) is 4. The van der Waals surface area contributed by atoms with Gasteiger partial charge >= 0.3 is 0 Å². The number of methoxy groups -OCH3 is 1. The van der Waals surface area contributed by atoms with Crippen molar-refractivity contribution in [2.75, 3.05) is 25.6 Å². The van der Waals surface area contributed by atoms with Gasteiger partial charge in [-0.05, 0) is 42.0 Å². The minimum Gasteiger partial charge on any atom is -0.497 e. The lowest BCUT2D eigenvalue weighted by Gasteiger charge is -2.20. The highest BCUT2D eigenvalue weighted by atomic mass is 16.5. The van der Waals surface area contributed by atoms with Crippen LogP contribution < -0.4 is 9.64 Å². The van der Waals surface area contributed by atoms with Gasteiger partial charge in [0.2, 0.25) is 11.8 Å². The first-order valence-corrected chi connectivity index (χ1v) is 11.7. The normalized spacial score (nSPS) is 15.5. The van der Waals surface area contributed by atoms with E-state index in [1.807, 2.05) is 90.5 Å². The van der Waals surface area contributed by atoms with E-state index in [0.717, 1.165) is 33.9 Å². The summed E-state index contributed by atoms with van der Waals surface area (Å²) < 4.78 is 7.22. The van der Waals surface area contributed by atoms with Gasteiger partial charge in [0, 0.05) is 38.2 Å². The summed E-state index contributed by atoms with van der Waals surface area (Å²) in [4.78, 5) is 34.6. The van der Waals surface area contributed by atoms with E-state index in [9.17, 15) is 9.59 Å². The first-order valence-electron chi connectivity index (χ1n) is 11.7. The van der Waals surface area contributed by atoms with E-state index in [1.165, 1.54) is 0 Å². The van der Waals surface area contributed by atoms with Gasteiger partial charge in [-0.15, -0.1) is 0 Å². The van der Waals surface area contributed by atoms with Crippen molar-refractivity contribution in [2.24, 2.45) is 0 Å². The zero-order chi connectivity index (χ0) is 24.4. The van der Waals surface area contributed by atoms with Crippen LogP contribution in [0.3, 0.4) is 0 Å². The zero-order valence-corrected chi connectivity index (χ0v) is 19.9. The maximum atomic E-state index is 13.2. The number of imidazole rings is 1. The molecule has 1 atom stereocenters. The Morgan fingerprint density at radius 3 is 2.49 bits per heavy atom. The number of likely N-dealkylation sites (N-methyl/N-ethyl adjacent to an activating group) is 1. The molecule has 1 aromatic heterocycles. The molecule has 0 N–H and O–H groups in total. The monoisotopic (exact) mass is 468 g/mol. The summed E-state index contributed by atoms with van der Waals surface area (Å²) in [5.41, 5.74) is 3.64. The second kappa shape index (κ2) is 9.62. The Kier molecular flexibility index (Phi) is 6.23. The maximum absolute atomic E-state index is 13.2. The van der Waals surface area contributed by atoms with Gasteiger partial charge in [-0.2, -0.15) is 0 Å². The summed E-state index contributed by atoms with van der Waals surface area (Å²) in [6, 6.07) is 25.3. The minimum absolute atomic E-state index is 0.00501. The first kappa shape index (κ1) is 22.7. The predicted octanol–water partition coefficient (Wildman–Crippen LogP) is 4.22. The Labute approximate surface area is 204 Å². The largest absolute Gasteiger partial charge is 0.497 e. The predicted molar refractivity (Wildman–Crippen MR) is 135 cm³/mol. The van der Waals surface area contributed by atoms with Crippen molar-refractivity contribution in [3.05, 3.63) is 90.3 Å². The summed E-state index contributed by atoms with van der Waals surface area (Å²) in [6.45, 7) is 1.23. The minimum atomic E-state index is -0.107. The molecule has 0 bridgehead atoms. The van der Waals surface area contributed by atoms with Crippen molar-refractivity contribution in [1.82, 2.24) is 14.5 Å². The molecule has 2 heterocycles. The van der Waals surface area contributed by atoms with E-state index in [4.69, 9.17) is 9.72 Å². The van der Waals surface area contributed by atoms with Crippen molar-refractivity contribution >= 4 is 28.5 Å². The number of carbonyl (C=O) groups is 2. The van der Waals surface area contributed by atoms with Crippen molar-refractivity contribution in [3.63, 3.8) is 0 Å². The van der Waals surface area contributed by atoms with Crippen LogP contribution in [0.1, 0.15) is 23.7 Å². The van der Waals surface area contributed by atoms with Gasteiger partial charge < -0.3 is 19.1 Å². The van der Waals surface area contributed by atoms with Crippen LogP contribution in [0.5, 0.6) is 5.75 Å². The number of ether oxygens (including phenoxy) is 1. The van der Waals surface area contributed by atoms with E-state index < -0.39 is 0 Å². The van der Waals surface area contributed by atoms with Gasteiger partial charge in [-0.1, -0.05) is 42.5 Å². The molecule has 0 spiro atoms. The molecule has 4 aromatic rings. The van der Waals surface area contributed by atoms with Crippen LogP contribution in [-0.2, 0) is 22.7 Å². The van der Waals surface area contributed by atoms with E-state index in [-0.39, 0.29) is 24.3 Å². The van der Waals surface area contributed by atoms with E-state index >= 15 is 0 Å². The molecule has 5 rings (SSSR count). The number of hydrogen-bond acceptors (Lipinski definition) is 4. The summed E-state index contributed by atoms with van der Waals surface area (Å²) in [5.74, 6) is 1.46. The summed E-state index contributed by atoms with van der Waals surface area (Å²) >= 11 is 0. The van der Waals surface area contributed by atoms with Crippen molar-refractivity contribution in [2.45, 2.75) is 25.4 Å². The fraction of sp³-hybridized carbons (Fsp3) is 0.250. The number of fused-ring (bicyclic) bond motifs is 1. The zero-order valence-electron chi connectivity index (χ0n) is 19.9. The Morgan fingerprint density at radius 2 is 1.74 bits per heavy atom. The van der Waals surface area contributed by atoms with Crippen LogP contribution in [-0.4, -0.2) is 47.0 Å². The summed E-state index contributed by atoms with van der Waals surface area (Å²) in [6.07, 6.45) is 0.351. The number of aromatic nitrogens is 2. The Morgan fingerprint density at radius 1 is 1.03 bits per heavy atom. The lowest BCUT2D eigenvalue weighted by Crippen LogP contribution is -2.30. The third-order valence-corrected chi connectivity index (χ3v) is 6.54. The van der Waals surface area contributed by atoms with Gasteiger partial charge in [0.15, 0.2) is 0 Å². The van der Waals surface area contributed by atoms with E-state index in [1.54, 1.807) is 16.9 Å². The molecule has 1 aliphatic rings. The van der Waals surface area contributed by atoms with Gasteiger partial charge in [-0.3, -0.25) is 9.59 Å². The average molecular weight is 469 g/mol. The third kappa shape index (κ3) is 4.62. The topological polar surface area (TPSA) is 67.7 Å². The smallest absolute Gasteiger partial charge is 0.242 e. The van der Waals surface area contributed by atoms with Gasteiger partial charge in [0.1, 0.15) is 18.1 Å². The number of para-hydroxylation sites is 2. The van der Waals surface area contributed by atoms with E-state index in [0.29, 0.717) is 19.5 Å². The van der Waals surface area contributed by atoms with Crippen LogP contribution in [0.25, 0.3) is 11.0 Å². The van der Waals surface area contributed by atoms with Crippen LogP contribution in [0.2, 0.25) is 0 Å². The van der Waals surface area contributed by atoms with Gasteiger partial charge in [0.25, 0.3) is 0 Å². The molecule has 7 heteroatoms.